The predicted molar refractivity (Wildman–Crippen MR) is 86.4 cm³/mol. The average molecular weight is 340 g/mol. The molecule has 0 aliphatic heterocycles. The van der Waals surface area contributed by atoms with Crippen molar-refractivity contribution >= 4 is 16.1 Å². The Bertz CT molecular complexity index is 613. The van der Waals surface area contributed by atoms with Gasteiger partial charge in [0.25, 0.3) is 10.1 Å². The van der Waals surface area contributed by atoms with Gasteiger partial charge in [-0.3, -0.25) is 8.98 Å². The summed E-state index contributed by atoms with van der Waals surface area (Å²) in [5.74, 6) is -0.0278. The lowest BCUT2D eigenvalue weighted by molar-refractivity contribution is -0.149. The molecule has 1 saturated carbocycles. The molecular formula is C17H24O5S. The van der Waals surface area contributed by atoms with E-state index in [4.69, 9.17) is 8.92 Å². The lowest BCUT2D eigenvalue weighted by Crippen LogP contribution is -2.26. The van der Waals surface area contributed by atoms with Gasteiger partial charge in [-0.25, -0.2) is 0 Å². The second-order valence-corrected chi connectivity index (χ2v) is 7.64. The van der Waals surface area contributed by atoms with Crippen LogP contribution in [0.3, 0.4) is 0 Å². The predicted octanol–water partition coefficient (Wildman–Crippen LogP) is 3.07. The number of aryl methyl sites for hydroxylation is 1. The van der Waals surface area contributed by atoms with E-state index in [0.29, 0.717) is 6.61 Å². The van der Waals surface area contributed by atoms with Gasteiger partial charge < -0.3 is 4.74 Å². The Morgan fingerprint density at radius 1 is 1.13 bits per heavy atom. The van der Waals surface area contributed by atoms with Crippen LogP contribution in [-0.2, 0) is 23.8 Å². The van der Waals surface area contributed by atoms with Crippen molar-refractivity contribution in [2.24, 2.45) is 11.8 Å². The van der Waals surface area contributed by atoms with Crippen molar-refractivity contribution in [3.05, 3.63) is 29.8 Å². The van der Waals surface area contributed by atoms with Crippen molar-refractivity contribution in [2.75, 3.05) is 13.2 Å². The quantitative estimate of drug-likeness (QED) is 0.588. The van der Waals surface area contributed by atoms with Gasteiger partial charge in [0.1, 0.15) is 0 Å². The fourth-order valence-electron chi connectivity index (χ4n) is 2.78. The highest BCUT2D eigenvalue weighted by atomic mass is 32.2. The van der Waals surface area contributed by atoms with Gasteiger partial charge in [0.15, 0.2) is 0 Å². The second-order valence-electron chi connectivity index (χ2n) is 6.02. The fraction of sp³-hybridized carbons (Fsp3) is 0.588. The van der Waals surface area contributed by atoms with Crippen molar-refractivity contribution in [3.8, 4) is 0 Å². The smallest absolute Gasteiger partial charge is 0.308 e. The number of ether oxygens (including phenoxy) is 1. The minimum atomic E-state index is -3.71. The molecule has 5 nitrogen and oxygen atoms in total. The fourth-order valence-corrected chi connectivity index (χ4v) is 3.76. The number of rotatable bonds is 6. The largest absolute Gasteiger partial charge is 0.466 e. The molecule has 0 spiro atoms. The molecule has 0 saturated heterocycles. The Kier molecular flexibility index (Phi) is 6.18. The van der Waals surface area contributed by atoms with Gasteiger partial charge in [-0.05, 0) is 57.6 Å². The zero-order valence-corrected chi connectivity index (χ0v) is 14.5. The first-order valence-electron chi connectivity index (χ1n) is 8.05. The van der Waals surface area contributed by atoms with Crippen LogP contribution in [0, 0.1) is 18.8 Å². The summed E-state index contributed by atoms with van der Waals surface area (Å²) in [6, 6.07) is 6.62. The summed E-state index contributed by atoms with van der Waals surface area (Å²) >= 11 is 0. The van der Waals surface area contributed by atoms with E-state index >= 15 is 0 Å². The second kappa shape index (κ2) is 7.93. The van der Waals surface area contributed by atoms with Crippen molar-refractivity contribution in [2.45, 2.75) is 44.4 Å². The van der Waals surface area contributed by atoms with E-state index in [-0.39, 0.29) is 29.3 Å². The monoisotopic (exact) mass is 340 g/mol. The highest BCUT2D eigenvalue weighted by Gasteiger charge is 2.28. The van der Waals surface area contributed by atoms with E-state index in [1.807, 2.05) is 6.92 Å². The topological polar surface area (TPSA) is 69.7 Å². The highest BCUT2D eigenvalue weighted by molar-refractivity contribution is 7.86. The SMILES string of the molecule is CCOC(=O)[C@H]1CC[C@H](COS(=O)(=O)c2ccc(C)cc2)CC1. The lowest BCUT2D eigenvalue weighted by Gasteiger charge is -2.26. The summed E-state index contributed by atoms with van der Waals surface area (Å²) in [4.78, 5) is 11.9. The molecule has 1 aromatic rings. The normalized spacial score (nSPS) is 21.8. The molecule has 0 unspecified atom stereocenters. The Balaban J connectivity index is 1.83. The van der Waals surface area contributed by atoms with Gasteiger partial charge in [0, 0.05) is 0 Å². The summed E-state index contributed by atoms with van der Waals surface area (Å²) in [7, 11) is -3.71. The molecule has 1 fully saturated rings. The van der Waals surface area contributed by atoms with Crippen LogP contribution in [0.5, 0.6) is 0 Å². The van der Waals surface area contributed by atoms with Crippen LogP contribution in [0.4, 0.5) is 0 Å². The number of esters is 1. The molecule has 0 radical (unpaired) electrons. The summed E-state index contributed by atoms with van der Waals surface area (Å²) in [5, 5.41) is 0. The summed E-state index contributed by atoms with van der Waals surface area (Å²) in [5.41, 5.74) is 1.00. The van der Waals surface area contributed by atoms with E-state index in [2.05, 4.69) is 0 Å². The first kappa shape index (κ1) is 17.9. The van der Waals surface area contributed by atoms with E-state index in [1.165, 1.54) is 0 Å². The number of hydrogen-bond donors (Lipinski definition) is 0. The molecule has 0 atom stereocenters. The third-order valence-electron chi connectivity index (χ3n) is 4.24. The molecule has 0 heterocycles. The number of hydrogen-bond acceptors (Lipinski definition) is 5. The van der Waals surface area contributed by atoms with E-state index in [0.717, 1.165) is 31.2 Å². The van der Waals surface area contributed by atoms with Crippen LogP contribution < -0.4 is 0 Å². The summed E-state index contributed by atoms with van der Waals surface area (Å²) < 4.78 is 34.5. The standard InChI is InChI=1S/C17H24O5S/c1-3-21-17(18)15-8-6-14(7-9-15)12-22-23(19,20)16-10-4-13(2)5-11-16/h4-5,10-11,14-15H,3,6-9,12H2,1-2H3/t14-,15-. The maximum atomic E-state index is 12.1. The Labute approximate surface area is 138 Å². The summed E-state index contributed by atoms with van der Waals surface area (Å²) in [6.45, 7) is 4.27. The number of carbonyl (C=O) groups excluding carboxylic acids is 1. The minimum Gasteiger partial charge on any atom is -0.466 e. The van der Waals surface area contributed by atoms with Crippen LogP contribution in [0.25, 0.3) is 0 Å². The Morgan fingerprint density at radius 3 is 2.30 bits per heavy atom. The average Bonchev–Trinajstić information content (AvgIpc) is 2.54. The maximum Gasteiger partial charge on any atom is 0.308 e. The van der Waals surface area contributed by atoms with Gasteiger partial charge in [0.05, 0.1) is 24.0 Å². The molecule has 1 aromatic carbocycles. The third-order valence-corrected chi connectivity index (χ3v) is 5.53. The van der Waals surface area contributed by atoms with Crippen molar-refractivity contribution in [3.63, 3.8) is 0 Å². The van der Waals surface area contributed by atoms with Crippen LogP contribution in [0.15, 0.2) is 29.2 Å². The zero-order valence-electron chi connectivity index (χ0n) is 13.7. The lowest BCUT2D eigenvalue weighted by atomic mass is 9.82. The first-order valence-corrected chi connectivity index (χ1v) is 9.46. The van der Waals surface area contributed by atoms with Crippen LogP contribution in [0.1, 0.15) is 38.2 Å². The maximum absolute atomic E-state index is 12.1. The van der Waals surface area contributed by atoms with Gasteiger partial charge >= 0.3 is 5.97 Å². The molecule has 23 heavy (non-hydrogen) atoms. The van der Waals surface area contributed by atoms with Crippen LogP contribution in [-0.4, -0.2) is 27.6 Å². The Morgan fingerprint density at radius 2 is 1.74 bits per heavy atom. The number of benzene rings is 1. The van der Waals surface area contributed by atoms with Crippen molar-refractivity contribution in [1.29, 1.82) is 0 Å². The molecule has 0 bridgehead atoms. The molecule has 128 valence electrons. The first-order chi connectivity index (χ1) is 10.9. The van der Waals surface area contributed by atoms with Crippen molar-refractivity contribution < 1.29 is 22.1 Å². The molecule has 0 amide bonds. The van der Waals surface area contributed by atoms with Gasteiger partial charge in [-0.1, -0.05) is 17.7 Å². The third kappa shape index (κ3) is 5.04. The molecule has 0 aromatic heterocycles. The highest BCUT2D eigenvalue weighted by Crippen LogP contribution is 2.30. The van der Waals surface area contributed by atoms with Crippen molar-refractivity contribution in [1.82, 2.24) is 0 Å². The van der Waals surface area contributed by atoms with Gasteiger partial charge in [-0.2, -0.15) is 8.42 Å². The molecule has 6 heteroatoms. The Hall–Kier alpha value is -1.40. The number of carbonyl (C=O) groups is 1. The van der Waals surface area contributed by atoms with E-state index in [9.17, 15) is 13.2 Å². The molecule has 1 aliphatic carbocycles. The van der Waals surface area contributed by atoms with Crippen LogP contribution >= 0.6 is 0 Å². The minimum absolute atomic E-state index is 0.0556. The van der Waals surface area contributed by atoms with E-state index < -0.39 is 10.1 Å². The molecule has 2 rings (SSSR count). The molecule has 0 N–H and O–H groups in total. The van der Waals surface area contributed by atoms with Crippen LogP contribution in [0.2, 0.25) is 0 Å². The molecule has 1 aliphatic rings. The summed E-state index contributed by atoms with van der Waals surface area (Å²) in [6.07, 6.45) is 3.04. The zero-order chi connectivity index (χ0) is 16.9. The van der Waals surface area contributed by atoms with Gasteiger partial charge in [-0.15, -0.1) is 0 Å². The molecular weight excluding hydrogens is 316 g/mol. The van der Waals surface area contributed by atoms with Gasteiger partial charge in [0.2, 0.25) is 0 Å². The van der Waals surface area contributed by atoms with E-state index in [1.54, 1.807) is 31.2 Å².